The average molecular weight is 502 g/mol. The number of amides is 1. The Bertz CT molecular complexity index is 1410. The molecule has 2 aromatic carbocycles. The summed E-state index contributed by atoms with van der Waals surface area (Å²) in [6.45, 7) is 2.34. The number of nitrogens with zero attached hydrogens (tertiary/aromatic N) is 2. The van der Waals surface area contributed by atoms with Gasteiger partial charge in [-0.25, -0.2) is 4.98 Å². The zero-order valence-corrected chi connectivity index (χ0v) is 21.5. The highest BCUT2D eigenvalue weighted by molar-refractivity contribution is 7.21. The SMILES string of the molecule is COc1ccc(-c2ccc(N)nc2C)cc1CN(C(=O)c1sc2ccccc2c1O)C1CCCCC1. The maximum absolute atomic E-state index is 14.0. The lowest BCUT2D eigenvalue weighted by Gasteiger charge is -2.34. The van der Waals surface area contributed by atoms with Crippen LogP contribution in [0.2, 0.25) is 0 Å². The first-order valence-corrected chi connectivity index (χ1v) is 13.2. The van der Waals surface area contributed by atoms with E-state index >= 15 is 0 Å². The van der Waals surface area contributed by atoms with Crippen LogP contribution in [0.1, 0.15) is 53.0 Å². The molecule has 0 saturated heterocycles. The lowest BCUT2D eigenvalue weighted by Crippen LogP contribution is -2.40. The van der Waals surface area contributed by atoms with E-state index in [0.29, 0.717) is 17.2 Å². The first-order valence-electron chi connectivity index (χ1n) is 12.4. The van der Waals surface area contributed by atoms with Crippen LogP contribution < -0.4 is 10.5 Å². The highest BCUT2D eigenvalue weighted by atomic mass is 32.1. The molecule has 5 rings (SSSR count). The Morgan fingerprint density at radius 2 is 1.92 bits per heavy atom. The summed E-state index contributed by atoms with van der Waals surface area (Å²) in [7, 11) is 1.65. The number of aromatic nitrogens is 1. The van der Waals surface area contributed by atoms with Crippen LogP contribution in [0.4, 0.5) is 5.82 Å². The number of carbonyl (C=O) groups excluding carboxylic acids is 1. The third kappa shape index (κ3) is 4.63. The highest BCUT2D eigenvalue weighted by Gasteiger charge is 2.30. The van der Waals surface area contributed by atoms with E-state index in [1.165, 1.54) is 17.8 Å². The molecule has 186 valence electrons. The molecule has 0 bridgehead atoms. The predicted octanol–water partition coefficient (Wildman–Crippen LogP) is 6.54. The first-order chi connectivity index (χ1) is 17.5. The standard InChI is InChI=1S/C29H31N3O3S/c1-18-22(13-15-26(30)31-18)19-12-14-24(35-2)20(16-19)17-32(21-8-4-3-5-9-21)29(34)28-27(33)23-10-6-7-11-25(23)36-28/h6-7,10-16,21,33H,3-5,8-9,17H2,1-2H3,(H2,30,31). The van der Waals surface area contributed by atoms with Crippen LogP contribution in [0, 0.1) is 6.92 Å². The second-order valence-corrected chi connectivity index (χ2v) is 10.4. The summed E-state index contributed by atoms with van der Waals surface area (Å²) in [5.41, 5.74) is 9.62. The molecule has 0 radical (unpaired) electrons. The molecule has 3 N–H and O–H groups in total. The normalized spacial score (nSPS) is 14.2. The average Bonchev–Trinajstić information content (AvgIpc) is 3.24. The third-order valence-corrected chi connectivity index (χ3v) is 8.23. The first kappa shape index (κ1) is 24.1. The largest absolute Gasteiger partial charge is 0.506 e. The van der Waals surface area contributed by atoms with Gasteiger partial charge in [0.15, 0.2) is 0 Å². The maximum Gasteiger partial charge on any atom is 0.268 e. The summed E-state index contributed by atoms with van der Waals surface area (Å²) in [6.07, 6.45) is 5.30. The molecule has 2 heterocycles. The molecule has 0 spiro atoms. The maximum atomic E-state index is 14.0. The number of methoxy groups -OCH3 is 1. The molecule has 1 aliphatic rings. The second-order valence-electron chi connectivity index (χ2n) is 9.40. The lowest BCUT2D eigenvalue weighted by molar-refractivity contribution is 0.0615. The molecule has 1 amide bonds. The van der Waals surface area contributed by atoms with Crippen molar-refractivity contribution in [1.82, 2.24) is 9.88 Å². The highest BCUT2D eigenvalue weighted by Crippen LogP contribution is 2.39. The molecule has 7 heteroatoms. The molecule has 0 atom stereocenters. The van der Waals surface area contributed by atoms with Crippen LogP contribution >= 0.6 is 11.3 Å². The number of aryl methyl sites for hydroxylation is 1. The van der Waals surface area contributed by atoms with Gasteiger partial charge in [0, 0.05) is 39.5 Å². The van der Waals surface area contributed by atoms with Gasteiger partial charge in [-0.3, -0.25) is 4.79 Å². The van der Waals surface area contributed by atoms with E-state index in [1.54, 1.807) is 13.2 Å². The number of hydrogen-bond donors (Lipinski definition) is 2. The van der Waals surface area contributed by atoms with Crippen LogP contribution in [-0.4, -0.2) is 34.0 Å². The number of thiophene rings is 1. The predicted molar refractivity (Wildman–Crippen MR) is 146 cm³/mol. The van der Waals surface area contributed by atoms with E-state index in [1.807, 2.05) is 54.3 Å². The molecule has 0 unspecified atom stereocenters. The fourth-order valence-corrected chi connectivity index (χ4v) is 6.26. The minimum absolute atomic E-state index is 0.0747. The summed E-state index contributed by atoms with van der Waals surface area (Å²) in [5.74, 6) is 1.17. The number of hydrogen-bond acceptors (Lipinski definition) is 6. The van der Waals surface area contributed by atoms with Crippen LogP contribution in [0.5, 0.6) is 11.5 Å². The number of ether oxygens (including phenoxy) is 1. The van der Waals surface area contributed by atoms with E-state index in [-0.39, 0.29) is 17.7 Å². The molecule has 1 aliphatic carbocycles. The van der Waals surface area contributed by atoms with Crippen molar-refractivity contribution in [3.8, 4) is 22.6 Å². The minimum Gasteiger partial charge on any atom is -0.506 e. The number of aromatic hydroxyl groups is 1. The lowest BCUT2D eigenvalue weighted by atomic mass is 9.93. The Labute approximate surface area is 215 Å². The molecular formula is C29H31N3O3S. The van der Waals surface area contributed by atoms with Crippen molar-refractivity contribution in [2.24, 2.45) is 0 Å². The molecule has 2 aromatic heterocycles. The Kier molecular flexibility index (Phi) is 6.83. The van der Waals surface area contributed by atoms with Crippen LogP contribution in [0.3, 0.4) is 0 Å². The van der Waals surface area contributed by atoms with Gasteiger partial charge < -0.3 is 20.5 Å². The van der Waals surface area contributed by atoms with E-state index < -0.39 is 0 Å². The quantitative estimate of drug-likeness (QED) is 0.313. The Morgan fingerprint density at radius 3 is 2.64 bits per heavy atom. The monoisotopic (exact) mass is 501 g/mol. The van der Waals surface area contributed by atoms with Crippen LogP contribution in [0.15, 0.2) is 54.6 Å². The summed E-state index contributed by atoms with van der Waals surface area (Å²) in [6, 6.07) is 17.5. The van der Waals surface area contributed by atoms with Gasteiger partial charge in [-0.1, -0.05) is 37.5 Å². The Balaban J connectivity index is 1.55. The van der Waals surface area contributed by atoms with E-state index in [9.17, 15) is 9.90 Å². The number of pyridine rings is 1. The third-order valence-electron chi connectivity index (χ3n) is 7.08. The van der Waals surface area contributed by atoms with Gasteiger partial charge in [-0.15, -0.1) is 11.3 Å². The minimum atomic E-state index is -0.126. The van der Waals surface area contributed by atoms with Gasteiger partial charge in [0.1, 0.15) is 22.2 Å². The number of nitrogens with two attached hydrogens (primary N) is 1. The smallest absolute Gasteiger partial charge is 0.268 e. The van der Waals surface area contributed by atoms with Gasteiger partial charge in [-0.2, -0.15) is 0 Å². The molecule has 6 nitrogen and oxygen atoms in total. The van der Waals surface area contributed by atoms with Crippen molar-refractivity contribution in [2.75, 3.05) is 12.8 Å². The van der Waals surface area contributed by atoms with Crippen molar-refractivity contribution in [3.63, 3.8) is 0 Å². The summed E-state index contributed by atoms with van der Waals surface area (Å²) in [5, 5.41) is 11.7. The number of benzene rings is 2. The number of anilines is 1. The summed E-state index contributed by atoms with van der Waals surface area (Å²) >= 11 is 1.36. The van der Waals surface area contributed by atoms with E-state index in [2.05, 4.69) is 11.1 Å². The van der Waals surface area contributed by atoms with Gasteiger partial charge >= 0.3 is 0 Å². The molecular weight excluding hydrogens is 470 g/mol. The van der Waals surface area contributed by atoms with E-state index in [4.69, 9.17) is 10.5 Å². The number of nitrogen functional groups attached to an aromatic ring is 1. The molecule has 0 aliphatic heterocycles. The fourth-order valence-electron chi connectivity index (χ4n) is 5.21. The second kappa shape index (κ2) is 10.2. The Hall–Kier alpha value is -3.58. The van der Waals surface area contributed by atoms with Gasteiger partial charge in [0.05, 0.1) is 7.11 Å². The number of carbonyl (C=O) groups is 1. The van der Waals surface area contributed by atoms with Crippen LogP contribution in [-0.2, 0) is 6.54 Å². The topological polar surface area (TPSA) is 88.7 Å². The molecule has 1 saturated carbocycles. The van der Waals surface area contributed by atoms with Gasteiger partial charge in [0.2, 0.25) is 0 Å². The Morgan fingerprint density at radius 1 is 1.14 bits per heavy atom. The fraction of sp³-hybridized carbons (Fsp3) is 0.310. The molecule has 4 aromatic rings. The zero-order valence-electron chi connectivity index (χ0n) is 20.7. The molecule has 36 heavy (non-hydrogen) atoms. The van der Waals surface area contributed by atoms with Gasteiger partial charge in [-0.05, 0) is 61.7 Å². The summed E-state index contributed by atoms with van der Waals surface area (Å²) in [4.78, 5) is 20.7. The van der Waals surface area contributed by atoms with Crippen molar-refractivity contribution in [1.29, 1.82) is 0 Å². The van der Waals surface area contributed by atoms with Crippen LogP contribution in [0.25, 0.3) is 21.2 Å². The number of fused-ring (bicyclic) bond motifs is 1. The van der Waals surface area contributed by atoms with Crippen molar-refractivity contribution < 1.29 is 14.6 Å². The number of rotatable bonds is 6. The zero-order chi connectivity index (χ0) is 25.2. The summed E-state index contributed by atoms with van der Waals surface area (Å²) < 4.78 is 6.62. The van der Waals surface area contributed by atoms with Crippen molar-refractivity contribution in [3.05, 3.63) is 70.7 Å². The van der Waals surface area contributed by atoms with Gasteiger partial charge in [0.25, 0.3) is 5.91 Å². The molecule has 1 fully saturated rings. The van der Waals surface area contributed by atoms with Crippen molar-refractivity contribution in [2.45, 2.75) is 51.6 Å². The van der Waals surface area contributed by atoms with E-state index in [0.717, 1.165) is 63.9 Å². The van der Waals surface area contributed by atoms with Crippen molar-refractivity contribution >= 4 is 33.1 Å².